The lowest BCUT2D eigenvalue weighted by atomic mass is 10.0. The lowest BCUT2D eigenvalue weighted by molar-refractivity contribution is -0.125. The molecule has 3 rings (SSSR count). The molecule has 0 bridgehead atoms. The van der Waals surface area contributed by atoms with Crippen molar-refractivity contribution in [1.29, 1.82) is 0 Å². The number of benzene rings is 1. The van der Waals surface area contributed by atoms with Gasteiger partial charge >= 0.3 is 0 Å². The largest absolute Gasteiger partial charge is 0.467 e. The van der Waals surface area contributed by atoms with E-state index in [9.17, 15) is 13.2 Å². The quantitative estimate of drug-likeness (QED) is 0.886. The van der Waals surface area contributed by atoms with E-state index in [1.807, 2.05) is 6.92 Å². The smallest absolute Gasteiger partial charge is 0.243 e. The van der Waals surface area contributed by atoms with E-state index < -0.39 is 16.1 Å². The van der Waals surface area contributed by atoms with E-state index in [4.69, 9.17) is 4.42 Å². The minimum Gasteiger partial charge on any atom is -0.467 e. The molecule has 1 aromatic carbocycles. The van der Waals surface area contributed by atoms with Gasteiger partial charge < -0.3 is 9.73 Å². The third-order valence-electron chi connectivity index (χ3n) is 4.40. The van der Waals surface area contributed by atoms with Gasteiger partial charge in [-0.25, -0.2) is 8.42 Å². The fraction of sp³-hybridized carbons (Fsp3) is 0.389. The Kier molecular flexibility index (Phi) is 5.24. The molecule has 7 heteroatoms. The van der Waals surface area contributed by atoms with Crippen molar-refractivity contribution >= 4 is 15.9 Å². The number of carbonyl (C=O) groups is 1. The van der Waals surface area contributed by atoms with Crippen LogP contribution in [0.15, 0.2) is 52.0 Å². The first kappa shape index (κ1) is 17.7. The van der Waals surface area contributed by atoms with Crippen LogP contribution in [0.1, 0.15) is 30.6 Å². The Morgan fingerprint density at radius 3 is 2.68 bits per heavy atom. The molecule has 1 N–H and O–H groups in total. The highest BCUT2D eigenvalue weighted by Gasteiger charge is 2.37. The predicted molar refractivity (Wildman–Crippen MR) is 93.3 cm³/mol. The zero-order valence-electron chi connectivity index (χ0n) is 14.1. The van der Waals surface area contributed by atoms with Gasteiger partial charge in [0.15, 0.2) is 0 Å². The molecule has 6 nitrogen and oxygen atoms in total. The normalized spacial score (nSPS) is 18.8. The highest BCUT2D eigenvalue weighted by atomic mass is 32.2. The Morgan fingerprint density at radius 1 is 1.24 bits per heavy atom. The molecule has 2 aromatic rings. The third-order valence-corrected chi connectivity index (χ3v) is 6.32. The Labute approximate surface area is 147 Å². The number of rotatable bonds is 5. The van der Waals surface area contributed by atoms with Crippen molar-refractivity contribution < 1.29 is 17.6 Å². The first-order valence-corrected chi connectivity index (χ1v) is 9.81. The van der Waals surface area contributed by atoms with Gasteiger partial charge in [0, 0.05) is 6.54 Å². The van der Waals surface area contributed by atoms with Gasteiger partial charge in [-0.3, -0.25) is 4.79 Å². The summed E-state index contributed by atoms with van der Waals surface area (Å²) in [4.78, 5) is 12.8. The van der Waals surface area contributed by atoms with Crippen molar-refractivity contribution in [2.45, 2.75) is 43.7 Å². The predicted octanol–water partition coefficient (Wildman–Crippen LogP) is 2.45. The van der Waals surface area contributed by atoms with Gasteiger partial charge in [0.2, 0.25) is 15.9 Å². The molecule has 0 unspecified atom stereocenters. The van der Waals surface area contributed by atoms with Gasteiger partial charge in [0.25, 0.3) is 0 Å². The van der Waals surface area contributed by atoms with Crippen LogP contribution in [0, 0.1) is 6.92 Å². The molecule has 1 fully saturated rings. The molecule has 1 atom stereocenters. The number of nitrogens with one attached hydrogen (secondary N) is 1. The highest BCUT2D eigenvalue weighted by molar-refractivity contribution is 7.89. The molecule has 0 spiro atoms. The van der Waals surface area contributed by atoms with Crippen LogP contribution in [-0.2, 0) is 21.4 Å². The van der Waals surface area contributed by atoms with Gasteiger partial charge in [0.1, 0.15) is 11.8 Å². The summed E-state index contributed by atoms with van der Waals surface area (Å²) < 4.78 is 32.5. The monoisotopic (exact) mass is 362 g/mol. The van der Waals surface area contributed by atoms with E-state index in [2.05, 4.69) is 5.32 Å². The topological polar surface area (TPSA) is 79.6 Å². The molecular weight excluding hydrogens is 340 g/mol. The number of amides is 1. The minimum atomic E-state index is -3.70. The fourth-order valence-electron chi connectivity index (χ4n) is 3.01. The summed E-state index contributed by atoms with van der Waals surface area (Å²) >= 11 is 0. The van der Waals surface area contributed by atoms with Gasteiger partial charge in [-0.05, 0) is 44.0 Å². The van der Waals surface area contributed by atoms with E-state index in [-0.39, 0.29) is 17.3 Å². The van der Waals surface area contributed by atoms with Crippen molar-refractivity contribution in [2.24, 2.45) is 0 Å². The van der Waals surface area contributed by atoms with Crippen LogP contribution < -0.4 is 5.32 Å². The van der Waals surface area contributed by atoms with Gasteiger partial charge in [-0.2, -0.15) is 4.31 Å². The van der Waals surface area contributed by atoms with Crippen molar-refractivity contribution in [1.82, 2.24) is 9.62 Å². The highest BCUT2D eigenvalue weighted by Crippen LogP contribution is 2.25. The van der Waals surface area contributed by atoms with Gasteiger partial charge in [0.05, 0.1) is 17.7 Å². The van der Waals surface area contributed by atoms with Crippen LogP contribution in [0.4, 0.5) is 0 Å². The van der Waals surface area contributed by atoms with Crippen LogP contribution in [0.3, 0.4) is 0 Å². The number of nitrogens with zero attached hydrogens (tertiary/aromatic N) is 1. The number of hydrogen-bond donors (Lipinski definition) is 1. The summed E-state index contributed by atoms with van der Waals surface area (Å²) in [5.41, 5.74) is 0.991. The average molecular weight is 362 g/mol. The lowest BCUT2D eigenvalue weighted by Gasteiger charge is -2.33. The Bertz CT molecular complexity index is 813. The Morgan fingerprint density at radius 2 is 2.00 bits per heavy atom. The second-order valence-corrected chi connectivity index (χ2v) is 8.13. The molecule has 1 aliphatic heterocycles. The summed E-state index contributed by atoms with van der Waals surface area (Å²) in [6.07, 6.45) is 3.65. The summed E-state index contributed by atoms with van der Waals surface area (Å²) in [6, 6.07) is 9.55. The van der Waals surface area contributed by atoms with E-state index in [1.54, 1.807) is 36.4 Å². The number of piperidine rings is 1. The van der Waals surface area contributed by atoms with Crippen LogP contribution in [0.25, 0.3) is 0 Å². The molecule has 134 valence electrons. The first-order chi connectivity index (χ1) is 12.0. The third kappa shape index (κ3) is 3.93. The van der Waals surface area contributed by atoms with Crippen molar-refractivity contribution in [3.05, 3.63) is 54.0 Å². The summed E-state index contributed by atoms with van der Waals surface area (Å²) in [6.45, 7) is 2.51. The molecular formula is C18H22N2O4S. The van der Waals surface area contributed by atoms with E-state index >= 15 is 0 Å². The molecule has 25 heavy (non-hydrogen) atoms. The summed E-state index contributed by atoms with van der Waals surface area (Å²) in [5.74, 6) is 0.351. The lowest BCUT2D eigenvalue weighted by Crippen LogP contribution is -2.51. The molecule has 1 amide bonds. The number of sulfonamides is 1. The minimum absolute atomic E-state index is 0.226. The maximum absolute atomic E-state index is 13.0. The molecule has 0 saturated carbocycles. The van der Waals surface area contributed by atoms with Crippen molar-refractivity contribution in [3.63, 3.8) is 0 Å². The standard InChI is InChI=1S/C18H22N2O4S/c1-14-7-9-16(10-8-14)25(22,23)20-11-3-2-6-17(20)18(21)19-13-15-5-4-12-24-15/h4-5,7-10,12,17H,2-3,6,11,13H2,1H3,(H,19,21)/t17-/m0/s1. The maximum Gasteiger partial charge on any atom is 0.243 e. The van der Waals surface area contributed by atoms with E-state index in [1.165, 1.54) is 10.6 Å². The zero-order chi connectivity index (χ0) is 17.9. The average Bonchev–Trinajstić information content (AvgIpc) is 3.13. The van der Waals surface area contributed by atoms with Crippen LogP contribution in [0.5, 0.6) is 0 Å². The van der Waals surface area contributed by atoms with Crippen LogP contribution in [0.2, 0.25) is 0 Å². The van der Waals surface area contributed by atoms with Crippen LogP contribution in [-0.4, -0.2) is 31.2 Å². The number of carbonyl (C=O) groups excluding carboxylic acids is 1. The summed E-state index contributed by atoms with van der Waals surface area (Å²) in [5, 5.41) is 2.78. The molecule has 1 aliphatic rings. The molecule has 1 saturated heterocycles. The van der Waals surface area contributed by atoms with Crippen molar-refractivity contribution in [3.8, 4) is 0 Å². The molecule has 0 radical (unpaired) electrons. The SMILES string of the molecule is Cc1ccc(S(=O)(=O)N2CCCC[C@H]2C(=O)NCc2ccco2)cc1. The van der Waals surface area contributed by atoms with E-state index in [0.29, 0.717) is 18.7 Å². The number of furan rings is 1. The second-order valence-electron chi connectivity index (χ2n) is 6.24. The molecule has 1 aromatic heterocycles. The van der Waals surface area contributed by atoms with E-state index in [0.717, 1.165) is 18.4 Å². The number of aryl methyl sites for hydroxylation is 1. The Hall–Kier alpha value is -2.12. The zero-order valence-corrected chi connectivity index (χ0v) is 15.0. The van der Waals surface area contributed by atoms with Crippen molar-refractivity contribution in [2.75, 3.05) is 6.54 Å². The maximum atomic E-state index is 13.0. The van der Waals surface area contributed by atoms with Crippen LogP contribution >= 0.6 is 0 Å². The number of hydrogen-bond acceptors (Lipinski definition) is 4. The molecule has 2 heterocycles. The first-order valence-electron chi connectivity index (χ1n) is 8.37. The van der Waals surface area contributed by atoms with Gasteiger partial charge in [-0.15, -0.1) is 0 Å². The second kappa shape index (κ2) is 7.41. The Balaban J connectivity index is 1.77. The van der Waals surface area contributed by atoms with Gasteiger partial charge in [-0.1, -0.05) is 24.1 Å². The molecule has 0 aliphatic carbocycles. The fourth-order valence-corrected chi connectivity index (χ4v) is 4.66. The summed E-state index contributed by atoms with van der Waals surface area (Å²) in [7, 11) is -3.70.